The van der Waals surface area contributed by atoms with Crippen LogP contribution in [0.25, 0.3) is 0 Å². The van der Waals surface area contributed by atoms with Gasteiger partial charge in [-0.05, 0) is 61.2 Å². The van der Waals surface area contributed by atoms with Crippen molar-refractivity contribution < 1.29 is 19.1 Å². The number of nitrogens with one attached hydrogen (secondary N) is 1. The van der Waals surface area contributed by atoms with Crippen LogP contribution in [0.2, 0.25) is 0 Å². The summed E-state index contributed by atoms with van der Waals surface area (Å²) >= 11 is 1.66. The van der Waals surface area contributed by atoms with E-state index in [2.05, 4.69) is 22.0 Å². The number of benzene rings is 2. The van der Waals surface area contributed by atoms with E-state index in [-0.39, 0.29) is 11.8 Å². The Hall–Kier alpha value is -2.75. The fourth-order valence-electron chi connectivity index (χ4n) is 5.50. The Labute approximate surface area is 230 Å². The van der Waals surface area contributed by atoms with E-state index >= 15 is 0 Å². The van der Waals surface area contributed by atoms with E-state index < -0.39 is 12.0 Å². The van der Waals surface area contributed by atoms with Gasteiger partial charge in [0, 0.05) is 50.2 Å². The molecule has 2 aliphatic rings. The highest BCUT2D eigenvalue weighted by molar-refractivity contribution is 7.98. The van der Waals surface area contributed by atoms with Crippen LogP contribution in [0.15, 0.2) is 41.3 Å². The van der Waals surface area contributed by atoms with Gasteiger partial charge in [-0.25, -0.2) is 0 Å². The number of carbonyl (C=O) groups is 2. The smallest absolute Gasteiger partial charge is 0.254 e. The Balaban J connectivity index is 1.58. The van der Waals surface area contributed by atoms with E-state index in [1.807, 2.05) is 30.5 Å². The first-order chi connectivity index (χ1) is 18.4. The van der Waals surface area contributed by atoms with Gasteiger partial charge in [0.1, 0.15) is 0 Å². The lowest BCUT2D eigenvalue weighted by Crippen LogP contribution is -2.47. The maximum Gasteiger partial charge on any atom is 0.254 e. The van der Waals surface area contributed by atoms with Crippen LogP contribution < -0.4 is 14.8 Å². The molecule has 4 rings (SSSR count). The third-order valence-electron chi connectivity index (χ3n) is 7.78. The molecule has 0 radical (unpaired) electrons. The lowest BCUT2D eigenvalue weighted by molar-refractivity contribution is -0.124. The normalized spacial score (nSPS) is 20.2. The molecule has 8 nitrogen and oxygen atoms in total. The topological polar surface area (TPSA) is 74.4 Å². The molecule has 0 saturated carbocycles. The van der Waals surface area contributed by atoms with Gasteiger partial charge in [-0.15, -0.1) is 11.8 Å². The third-order valence-corrected chi connectivity index (χ3v) is 8.52. The molecule has 2 aliphatic heterocycles. The molecule has 9 heteroatoms. The highest BCUT2D eigenvalue weighted by Crippen LogP contribution is 2.45. The maximum absolute atomic E-state index is 13.9. The molecule has 2 amide bonds. The third kappa shape index (κ3) is 5.95. The lowest BCUT2D eigenvalue weighted by atomic mass is 9.79. The number of hydrogen-bond acceptors (Lipinski definition) is 7. The van der Waals surface area contributed by atoms with Crippen molar-refractivity contribution in [1.82, 2.24) is 20.0 Å². The van der Waals surface area contributed by atoms with Crippen LogP contribution in [-0.2, 0) is 4.79 Å². The highest BCUT2D eigenvalue weighted by atomic mass is 32.2. The number of hydrogen-bond donors (Lipinski definition) is 1. The minimum Gasteiger partial charge on any atom is -0.493 e. The summed E-state index contributed by atoms with van der Waals surface area (Å²) in [7, 11) is 4.88. The predicted molar refractivity (Wildman–Crippen MR) is 152 cm³/mol. The fourth-order valence-corrected chi connectivity index (χ4v) is 5.91. The maximum atomic E-state index is 13.9. The molecule has 0 spiro atoms. The van der Waals surface area contributed by atoms with Crippen LogP contribution in [0.5, 0.6) is 11.5 Å². The zero-order valence-electron chi connectivity index (χ0n) is 23.2. The summed E-state index contributed by atoms with van der Waals surface area (Å²) in [4.78, 5) is 35.1. The van der Waals surface area contributed by atoms with Crippen LogP contribution in [-0.4, -0.2) is 99.9 Å². The van der Waals surface area contributed by atoms with E-state index in [0.29, 0.717) is 29.2 Å². The molecule has 2 aromatic rings. The molecule has 0 aromatic heterocycles. The van der Waals surface area contributed by atoms with Gasteiger partial charge in [0.2, 0.25) is 5.91 Å². The first-order valence-electron chi connectivity index (χ1n) is 13.3. The number of thioether (sulfide) groups is 1. The first kappa shape index (κ1) is 28.3. The van der Waals surface area contributed by atoms with Gasteiger partial charge in [-0.2, -0.15) is 0 Å². The van der Waals surface area contributed by atoms with Crippen LogP contribution in [0.4, 0.5) is 0 Å². The van der Waals surface area contributed by atoms with Crippen LogP contribution in [0.3, 0.4) is 0 Å². The van der Waals surface area contributed by atoms with Crippen LogP contribution in [0, 0.1) is 0 Å². The summed E-state index contributed by atoms with van der Waals surface area (Å²) in [6.45, 7) is 9.19. The zero-order chi connectivity index (χ0) is 27.2. The van der Waals surface area contributed by atoms with Crippen molar-refractivity contribution in [2.45, 2.75) is 30.2 Å². The summed E-state index contributed by atoms with van der Waals surface area (Å²) in [5.74, 6) is 0.158. The monoisotopic (exact) mass is 540 g/mol. The number of likely N-dealkylation sites (N-methyl/N-ethyl adjacent to an activating group) is 2. The number of fused-ring (bicyclic) bond motifs is 1. The van der Waals surface area contributed by atoms with Crippen molar-refractivity contribution in [3.63, 3.8) is 0 Å². The largest absolute Gasteiger partial charge is 0.493 e. The summed E-state index contributed by atoms with van der Waals surface area (Å²) in [6, 6.07) is 11.2. The SMILES string of the molecule is CCN1CCN(CCCNC(=O)C2c3cc(OC)c(OC)cc3C(=O)N(C)C2c2ccc(SC)cc2)CC1. The fraction of sp³-hybridized carbons (Fsp3) is 0.517. The minimum absolute atomic E-state index is 0.0902. The molecular weight excluding hydrogens is 500 g/mol. The lowest BCUT2D eigenvalue weighted by Gasteiger charge is -2.40. The van der Waals surface area contributed by atoms with Crippen molar-refractivity contribution in [2.24, 2.45) is 0 Å². The molecule has 38 heavy (non-hydrogen) atoms. The molecule has 1 fully saturated rings. The average Bonchev–Trinajstić information content (AvgIpc) is 2.96. The molecule has 2 heterocycles. The van der Waals surface area contributed by atoms with Gasteiger partial charge in [0.15, 0.2) is 11.5 Å². The number of carbonyl (C=O) groups excluding carboxylic acids is 2. The zero-order valence-corrected chi connectivity index (χ0v) is 24.0. The molecule has 0 aliphatic carbocycles. The van der Waals surface area contributed by atoms with Crippen LogP contribution >= 0.6 is 11.8 Å². The molecule has 1 N–H and O–H groups in total. The van der Waals surface area contributed by atoms with Gasteiger partial charge in [0.25, 0.3) is 5.91 Å². The second-order valence-corrected chi connectivity index (χ2v) is 10.7. The minimum atomic E-state index is -0.583. The molecule has 0 bridgehead atoms. The predicted octanol–water partition coefficient (Wildman–Crippen LogP) is 3.48. The quantitative estimate of drug-likeness (QED) is 0.365. The molecule has 2 atom stereocenters. The van der Waals surface area contributed by atoms with Crippen molar-refractivity contribution >= 4 is 23.6 Å². The van der Waals surface area contributed by atoms with Gasteiger partial charge in [-0.1, -0.05) is 19.1 Å². The molecular formula is C29H40N4O4S. The molecule has 2 unspecified atom stereocenters. The summed E-state index contributed by atoms with van der Waals surface area (Å²) < 4.78 is 11.0. The van der Waals surface area contributed by atoms with Crippen molar-refractivity contribution in [3.8, 4) is 11.5 Å². The number of rotatable bonds is 10. The van der Waals surface area contributed by atoms with E-state index in [0.717, 1.165) is 56.1 Å². The second kappa shape index (κ2) is 12.9. The molecule has 1 saturated heterocycles. The summed E-state index contributed by atoms with van der Waals surface area (Å²) in [5.41, 5.74) is 2.06. The first-order valence-corrected chi connectivity index (χ1v) is 14.5. The molecule has 206 valence electrons. The van der Waals surface area contributed by atoms with E-state index in [4.69, 9.17) is 9.47 Å². The van der Waals surface area contributed by atoms with Gasteiger partial charge in [0.05, 0.1) is 26.2 Å². The highest BCUT2D eigenvalue weighted by Gasteiger charge is 2.43. The Bertz CT molecular complexity index is 1120. The number of nitrogens with zero attached hydrogens (tertiary/aromatic N) is 3. The second-order valence-electron chi connectivity index (χ2n) is 9.83. The van der Waals surface area contributed by atoms with Crippen LogP contribution in [0.1, 0.15) is 46.8 Å². The standard InChI is InChI=1S/C29H40N4O4S/c1-6-32-14-16-33(17-15-32)13-7-12-30-28(34)26-22-18-24(36-3)25(37-4)19-23(22)29(35)31(2)27(26)20-8-10-21(38-5)11-9-20/h8-11,18-19,26-27H,6-7,12-17H2,1-5H3,(H,30,34). The van der Waals surface area contributed by atoms with Gasteiger partial charge >= 0.3 is 0 Å². The summed E-state index contributed by atoms with van der Waals surface area (Å²) in [5, 5.41) is 3.19. The Kier molecular flexibility index (Phi) is 9.57. The average molecular weight is 541 g/mol. The Morgan fingerprint density at radius 2 is 1.66 bits per heavy atom. The van der Waals surface area contributed by atoms with E-state index in [1.165, 1.54) is 0 Å². The van der Waals surface area contributed by atoms with Gasteiger partial charge < -0.3 is 29.5 Å². The number of amides is 2. The number of piperazine rings is 1. The van der Waals surface area contributed by atoms with Crippen molar-refractivity contribution in [2.75, 3.05) is 73.3 Å². The number of methoxy groups -OCH3 is 2. The summed E-state index contributed by atoms with van der Waals surface area (Å²) in [6.07, 6.45) is 2.91. The van der Waals surface area contributed by atoms with E-state index in [9.17, 15) is 9.59 Å². The Morgan fingerprint density at radius 3 is 2.26 bits per heavy atom. The molecule has 2 aromatic carbocycles. The Morgan fingerprint density at radius 1 is 1.03 bits per heavy atom. The van der Waals surface area contributed by atoms with Crippen molar-refractivity contribution in [1.29, 1.82) is 0 Å². The van der Waals surface area contributed by atoms with Gasteiger partial charge in [-0.3, -0.25) is 9.59 Å². The number of ether oxygens (including phenoxy) is 2. The van der Waals surface area contributed by atoms with Crippen molar-refractivity contribution in [3.05, 3.63) is 53.1 Å². The van der Waals surface area contributed by atoms with E-state index in [1.54, 1.807) is 50.1 Å².